The lowest BCUT2D eigenvalue weighted by Crippen LogP contribution is -2.31. The molecule has 3 rings (SSSR count). The van der Waals surface area contributed by atoms with E-state index >= 15 is 0 Å². The van der Waals surface area contributed by atoms with E-state index < -0.39 is 21.3 Å². The van der Waals surface area contributed by atoms with E-state index in [0.717, 1.165) is 19.1 Å². The molecular formula is C19H21N3O5S. The Hall–Kier alpha value is -2.94. The van der Waals surface area contributed by atoms with Gasteiger partial charge in [-0.3, -0.25) is 14.4 Å². The lowest BCUT2D eigenvalue weighted by Gasteiger charge is -2.17. The van der Waals surface area contributed by atoms with Crippen molar-refractivity contribution in [2.75, 3.05) is 24.7 Å². The summed E-state index contributed by atoms with van der Waals surface area (Å²) in [5.41, 5.74) is -0.358. The number of sulfone groups is 1. The van der Waals surface area contributed by atoms with Gasteiger partial charge >= 0.3 is 0 Å². The van der Waals surface area contributed by atoms with Gasteiger partial charge in [0.25, 0.3) is 17.4 Å². The maximum Gasteiger partial charge on any atom is 0.274 e. The first kappa shape index (κ1) is 19.8. The number of pyridine rings is 1. The Morgan fingerprint density at radius 3 is 2.39 bits per heavy atom. The minimum atomic E-state index is -3.63. The van der Waals surface area contributed by atoms with Gasteiger partial charge in [0.15, 0.2) is 9.84 Å². The summed E-state index contributed by atoms with van der Waals surface area (Å²) in [4.78, 5) is 39.3. The number of benzene rings is 1. The topological polar surface area (TPSA) is 106 Å². The number of hydrogen-bond donors (Lipinski definition) is 1. The molecule has 0 bridgehead atoms. The molecule has 0 radical (unpaired) electrons. The van der Waals surface area contributed by atoms with E-state index in [2.05, 4.69) is 5.32 Å². The summed E-state index contributed by atoms with van der Waals surface area (Å²) in [5.74, 6) is -0.941. The van der Waals surface area contributed by atoms with Gasteiger partial charge in [0.2, 0.25) is 0 Å². The van der Waals surface area contributed by atoms with E-state index in [0.29, 0.717) is 13.1 Å². The van der Waals surface area contributed by atoms with Crippen LogP contribution in [0.1, 0.15) is 33.6 Å². The molecule has 1 N–H and O–H groups in total. The number of anilines is 1. The molecule has 1 fully saturated rings. The smallest absolute Gasteiger partial charge is 0.274 e. The zero-order valence-electron chi connectivity index (χ0n) is 15.6. The third-order valence-electron chi connectivity index (χ3n) is 4.60. The lowest BCUT2D eigenvalue weighted by atomic mass is 10.2. The molecule has 1 saturated heterocycles. The molecule has 0 aliphatic carbocycles. The number of hydrogen-bond acceptors (Lipinski definition) is 5. The van der Waals surface area contributed by atoms with Crippen LogP contribution < -0.4 is 10.9 Å². The molecule has 28 heavy (non-hydrogen) atoms. The molecule has 2 amide bonds. The Morgan fingerprint density at radius 1 is 1.11 bits per heavy atom. The minimum absolute atomic E-state index is 0.0664. The SMILES string of the molecule is Cn1cc(C(=O)N2CCCC2)cc(NC(=O)c2ccccc2S(C)(=O)=O)c1=O. The van der Waals surface area contributed by atoms with Crippen LogP contribution in [-0.4, -0.2) is 49.0 Å². The standard InChI is InChI=1S/C19H21N3O5S/c1-21-12-13(18(24)22-9-5-6-10-22)11-15(19(21)25)20-17(23)14-7-3-4-8-16(14)28(2,26)27/h3-4,7-8,11-12H,5-6,9-10H2,1-2H3,(H,20,23). The lowest BCUT2D eigenvalue weighted by molar-refractivity contribution is 0.0791. The molecule has 148 valence electrons. The van der Waals surface area contributed by atoms with Crippen LogP contribution in [-0.2, 0) is 16.9 Å². The number of aromatic nitrogens is 1. The first-order chi connectivity index (χ1) is 13.2. The van der Waals surface area contributed by atoms with Gasteiger partial charge in [-0.1, -0.05) is 12.1 Å². The highest BCUT2D eigenvalue weighted by Gasteiger charge is 2.23. The first-order valence-corrected chi connectivity index (χ1v) is 10.7. The number of rotatable bonds is 4. The summed E-state index contributed by atoms with van der Waals surface area (Å²) in [6.45, 7) is 1.32. The highest BCUT2D eigenvalue weighted by molar-refractivity contribution is 7.90. The molecule has 2 aromatic rings. The maximum absolute atomic E-state index is 12.7. The second-order valence-corrected chi connectivity index (χ2v) is 8.76. The molecule has 1 aromatic carbocycles. The van der Waals surface area contributed by atoms with Crippen molar-refractivity contribution in [1.29, 1.82) is 0 Å². The molecule has 9 heteroatoms. The fraction of sp³-hybridized carbons (Fsp3) is 0.316. The average Bonchev–Trinajstić information content (AvgIpc) is 3.18. The fourth-order valence-electron chi connectivity index (χ4n) is 3.19. The molecule has 0 atom stereocenters. The first-order valence-electron chi connectivity index (χ1n) is 8.79. The van der Waals surface area contributed by atoms with E-state index in [-0.39, 0.29) is 27.6 Å². The van der Waals surface area contributed by atoms with Crippen molar-refractivity contribution in [3.63, 3.8) is 0 Å². The fourth-order valence-corrected chi connectivity index (χ4v) is 4.07. The Morgan fingerprint density at radius 2 is 1.75 bits per heavy atom. The number of carbonyl (C=O) groups excluding carboxylic acids is 2. The van der Waals surface area contributed by atoms with Crippen LogP contribution in [0.4, 0.5) is 5.69 Å². The molecule has 8 nitrogen and oxygen atoms in total. The van der Waals surface area contributed by atoms with Crippen LogP contribution in [0, 0.1) is 0 Å². The number of nitrogens with one attached hydrogen (secondary N) is 1. The maximum atomic E-state index is 12.7. The van der Waals surface area contributed by atoms with E-state index in [9.17, 15) is 22.8 Å². The van der Waals surface area contributed by atoms with Gasteiger partial charge in [-0.15, -0.1) is 0 Å². The molecule has 1 aliphatic rings. The summed E-state index contributed by atoms with van der Waals surface area (Å²) < 4.78 is 25.1. The number of amides is 2. The van der Waals surface area contributed by atoms with Crippen LogP contribution in [0.2, 0.25) is 0 Å². The molecule has 0 saturated carbocycles. The number of aryl methyl sites for hydroxylation is 1. The summed E-state index contributed by atoms with van der Waals surface area (Å²) in [5, 5.41) is 2.46. The zero-order valence-corrected chi connectivity index (χ0v) is 16.5. The van der Waals surface area contributed by atoms with Crippen molar-refractivity contribution in [3.05, 3.63) is 58.0 Å². The second kappa shape index (κ2) is 7.59. The van der Waals surface area contributed by atoms with Gasteiger partial charge in [0.05, 0.1) is 16.0 Å². The third-order valence-corrected chi connectivity index (χ3v) is 5.76. The van der Waals surface area contributed by atoms with E-state index in [1.165, 1.54) is 48.1 Å². The van der Waals surface area contributed by atoms with Crippen molar-refractivity contribution in [2.24, 2.45) is 7.05 Å². The predicted molar refractivity (Wildman–Crippen MR) is 104 cm³/mol. The van der Waals surface area contributed by atoms with Crippen molar-refractivity contribution in [2.45, 2.75) is 17.7 Å². The second-order valence-electron chi connectivity index (χ2n) is 6.78. The molecule has 2 heterocycles. The quantitative estimate of drug-likeness (QED) is 0.828. The van der Waals surface area contributed by atoms with Crippen LogP contribution in [0.25, 0.3) is 0 Å². The van der Waals surface area contributed by atoms with Gasteiger partial charge in [-0.25, -0.2) is 8.42 Å². The largest absolute Gasteiger partial charge is 0.339 e. The number of carbonyl (C=O) groups is 2. The van der Waals surface area contributed by atoms with Gasteiger partial charge in [-0.05, 0) is 31.0 Å². The Bertz CT molecular complexity index is 1100. The van der Waals surface area contributed by atoms with E-state index in [1.54, 1.807) is 4.90 Å². The molecule has 0 unspecified atom stereocenters. The molecule has 1 aliphatic heterocycles. The van der Waals surface area contributed by atoms with Crippen LogP contribution in [0.3, 0.4) is 0 Å². The summed E-state index contributed by atoms with van der Waals surface area (Å²) in [6, 6.07) is 7.09. The normalized spacial score (nSPS) is 14.1. The molecular weight excluding hydrogens is 382 g/mol. The zero-order chi connectivity index (χ0) is 20.5. The van der Waals surface area contributed by atoms with Crippen LogP contribution in [0.15, 0.2) is 46.2 Å². The molecule has 1 aromatic heterocycles. The Kier molecular flexibility index (Phi) is 5.37. The van der Waals surface area contributed by atoms with Gasteiger partial charge in [0, 0.05) is 32.6 Å². The van der Waals surface area contributed by atoms with Gasteiger partial charge < -0.3 is 14.8 Å². The van der Waals surface area contributed by atoms with Crippen LogP contribution in [0.5, 0.6) is 0 Å². The predicted octanol–water partition coefficient (Wildman–Crippen LogP) is 1.28. The van der Waals surface area contributed by atoms with Gasteiger partial charge in [0.1, 0.15) is 5.69 Å². The average molecular weight is 403 g/mol. The number of nitrogens with zero attached hydrogens (tertiary/aromatic N) is 2. The Labute approximate surface area is 162 Å². The monoisotopic (exact) mass is 403 g/mol. The van der Waals surface area contributed by atoms with Crippen molar-refractivity contribution in [3.8, 4) is 0 Å². The van der Waals surface area contributed by atoms with E-state index in [1.807, 2.05) is 0 Å². The summed E-state index contributed by atoms with van der Waals surface area (Å²) in [6.07, 6.45) is 4.31. The van der Waals surface area contributed by atoms with Crippen molar-refractivity contribution >= 4 is 27.3 Å². The molecule has 0 spiro atoms. The number of likely N-dealkylation sites (tertiary alicyclic amines) is 1. The van der Waals surface area contributed by atoms with Crippen molar-refractivity contribution < 1.29 is 18.0 Å². The van der Waals surface area contributed by atoms with Crippen molar-refractivity contribution in [1.82, 2.24) is 9.47 Å². The minimum Gasteiger partial charge on any atom is -0.339 e. The summed E-state index contributed by atoms with van der Waals surface area (Å²) >= 11 is 0. The summed E-state index contributed by atoms with van der Waals surface area (Å²) in [7, 11) is -2.14. The van der Waals surface area contributed by atoms with Gasteiger partial charge in [-0.2, -0.15) is 0 Å². The Balaban J connectivity index is 1.96. The highest BCUT2D eigenvalue weighted by Crippen LogP contribution is 2.18. The van der Waals surface area contributed by atoms with E-state index in [4.69, 9.17) is 0 Å². The third kappa shape index (κ3) is 3.99. The van der Waals surface area contributed by atoms with Crippen LogP contribution >= 0.6 is 0 Å². The highest BCUT2D eigenvalue weighted by atomic mass is 32.2.